The van der Waals surface area contributed by atoms with Crippen LogP contribution < -0.4 is 10.2 Å². The summed E-state index contributed by atoms with van der Waals surface area (Å²) in [6.07, 6.45) is 0. The highest BCUT2D eigenvalue weighted by atomic mass is 35.5. The van der Waals surface area contributed by atoms with Crippen molar-refractivity contribution < 1.29 is 9.53 Å². The highest BCUT2D eigenvalue weighted by molar-refractivity contribution is 5.85. The van der Waals surface area contributed by atoms with E-state index in [0.717, 1.165) is 25.3 Å². The van der Waals surface area contributed by atoms with Crippen LogP contribution in [0, 0.1) is 0 Å². The van der Waals surface area contributed by atoms with Crippen molar-refractivity contribution in [2.24, 2.45) is 0 Å². The lowest BCUT2D eigenvalue weighted by molar-refractivity contribution is -0.144. The fourth-order valence-electron chi connectivity index (χ4n) is 2.28. The maximum absolute atomic E-state index is 11.9. The van der Waals surface area contributed by atoms with Crippen molar-refractivity contribution in [2.45, 2.75) is 26.4 Å². The summed E-state index contributed by atoms with van der Waals surface area (Å²) in [5.41, 5.74) is 2.36. The molecule has 4 nitrogen and oxygen atoms in total. The van der Waals surface area contributed by atoms with E-state index < -0.39 is 0 Å². The summed E-state index contributed by atoms with van der Waals surface area (Å²) < 4.78 is 5.11. The molecule has 0 radical (unpaired) electrons. The number of esters is 1. The number of nitrogens with one attached hydrogen (secondary N) is 1. The number of benzene rings is 1. The number of carbonyl (C=O) groups excluding carboxylic acids is 1. The molecule has 5 heteroatoms. The van der Waals surface area contributed by atoms with Gasteiger partial charge in [-0.2, -0.15) is 0 Å². The van der Waals surface area contributed by atoms with E-state index >= 15 is 0 Å². The molecule has 1 aromatic carbocycles. The molecule has 1 unspecified atom stereocenters. The number of para-hydroxylation sites is 1. The Bertz CT molecular complexity index is 426. The van der Waals surface area contributed by atoms with E-state index in [4.69, 9.17) is 4.74 Å². The Morgan fingerprint density at radius 3 is 2.95 bits per heavy atom. The van der Waals surface area contributed by atoms with Crippen LogP contribution in [0.15, 0.2) is 24.3 Å². The molecule has 1 aliphatic heterocycles. The molecule has 0 aliphatic carbocycles. The van der Waals surface area contributed by atoms with E-state index in [2.05, 4.69) is 22.3 Å². The Hall–Kier alpha value is -1.26. The van der Waals surface area contributed by atoms with Crippen LogP contribution in [0.5, 0.6) is 0 Å². The van der Waals surface area contributed by atoms with Gasteiger partial charge in [0.15, 0.2) is 0 Å². The third kappa shape index (κ3) is 3.61. The monoisotopic (exact) mass is 284 g/mol. The zero-order valence-corrected chi connectivity index (χ0v) is 12.2. The van der Waals surface area contributed by atoms with Crippen molar-refractivity contribution >= 4 is 24.1 Å². The fourth-order valence-corrected chi connectivity index (χ4v) is 2.28. The van der Waals surface area contributed by atoms with Gasteiger partial charge >= 0.3 is 5.97 Å². The van der Waals surface area contributed by atoms with Crippen LogP contribution in [0.4, 0.5) is 5.69 Å². The van der Waals surface area contributed by atoms with Gasteiger partial charge in [0.05, 0.1) is 6.61 Å². The number of hydrogen-bond acceptors (Lipinski definition) is 4. The second-order valence-electron chi connectivity index (χ2n) is 4.43. The van der Waals surface area contributed by atoms with Crippen LogP contribution in [0.25, 0.3) is 0 Å². The molecule has 106 valence electrons. The third-order valence-electron chi connectivity index (χ3n) is 3.24. The summed E-state index contributed by atoms with van der Waals surface area (Å²) in [4.78, 5) is 14.0. The average molecular weight is 285 g/mol. The molecule has 0 spiro atoms. The molecule has 0 saturated carbocycles. The van der Waals surface area contributed by atoms with E-state index in [9.17, 15) is 4.79 Å². The number of ether oxygens (including phenoxy) is 1. The van der Waals surface area contributed by atoms with Gasteiger partial charge in [-0.3, -0.25) is 0 Å². The van der Waals surface area contributed by atoms with Crippen LogP contribution >= 0.6 is 12.4 Å². The summed E-state index contributed by atoms with van der Waals surface area (Å²) in [6, 6.07) is 7.95. The first-order valence-corrected chi connectivity index (χ1v) is 6.46. The third-order valence-corrected chi connectivity index (χ3v) is 3.24. The van der Waals surface area contributed by atoms with Gasteiger partial charge in [-0.1, -0.05) is 18.2 Å². The minimum absolute atomic E-state index is 0. The van der Waals surface area contributed by atoms with Gasteiger partial charge in [-0.05, 0) is 25.5 Å². The Balaban J connectivity index is 0.00000180. The number of carbonyl (C=O) groups is 1. The van der Waals surface area contributed by atoms with Crippen LogP contribution in [0.2, 0.25) is 0 Å². The number of fused-ring (bicyclic) bond motifs is 1. The Morgan fingerprint density at radius 2 is 2.21 bits per heavy atom. The zero-order chi connectivity index (χ0) is 13.0. The van der Waals surface area contributed by atoms with Crippen LogP contribution in [-0.2, 0) is 16.1 Å². The first-order chi connectivity index (χ1) is 8.74. The van der Waals surface area contributed by atoms with E-state index in [1.54, 1.807) is 0 Å². The van der Waals surface area contributed by atoms with Crippen LogP contribution in [0.1, 0.15) is 19.4 Å². The van der Waals surface area contributed by atoms with Crippen LogP contribution in [0.3, 0.4) is 0 Å². The molecule has 1 heterocycles. The Labute approximate surface area is 120 Å². The van der Waals surface area contributed by atoms with Gasteiger partial charge in [0.1, 0.15) is 6.04 Å². The quantitative estimate of drug-likeness (QED) is 0.862. The topological polar surface area (TPSA) is 41.6 Å². The van der Waals surface area contributed by atoms with Gasteiger partial charge in [-0.25, -0.2) is 4.79 Å². The Morgan fingerprint density at radius 1 is 1.47 bits per heavy atom. The standard InChI is InChI=1S/C14H20N2O2.ClH/c1-3-18-14(17)11(2)16-9-8-15-10-12-6-4-5-7-13(12)16;/h4-7,11,15H,3,8-10H2,1-2H3;1H. The maximum Gasteiger partial charge on any atom is 0.328 e. The minimum Gasteiger partial charge on any atom is -0.464 e. The van der Waals surface area contributed by atoms with E-state index in [1.807, 2.05) is 26.0 Å². The van der Waals surface area contributed by atoms with Crippen molar-refractivity contribution in [3.63, 3.8) is 0 Å². The lowest BCUT2D eigenvalue weighted by Crippen LogP contribution is -2.42. The number of nitrogens with zero attached hydrogens (tertiary/aromatic N) is 1. The maximum atomic E-state index is 11.9. The van der Waals surface area contributed by atoms with Gasteiger partial charge in [0.2, 0.25) is 0 Å². The first kappa shape index (κ1) is 15.8. The Kier molecular flexibility index (Phi) is 6.12. The van der Waals surface area contributed by atoms with Gasteiger partial charge in [0.25, 0.3) is 0 Å². The van der Waals surface area contributed by atoms with Crippen LogP contribution in [-0.4, -0.2) is 31.7 Å². The normalized spacial score (nSPS) is 15.8. The fraction of sp³-hybridized carbons (Fsp3) is 0.500. The first-order valence-electron chi connectivity index (χ1n) is 6.46. The van der Waals surface area contributed by atoms with E-state index in [-0.39, 0.29) is 24.4 Å². The van der Waals surface area contributed by atoms with Gasteiger partial charge in [-0.15, -0.1) is 12.4 Å². The number of anilines is 1. The highest BCUT2D eigenvalue weighted by Gasteiger charge is 2.25. The number of halogens is 1. The summed E-state index contributed by atoms with van der Waals surface area (Å²) >= 11 is 0. The second-order valence-corrected chi connectivity index (χ2v) is 4.43. The summed E-state index contributed by atoms with van der Waals surface area (Å²) in [7, 11) is 0. The van der Waals surface area contributed by atoms with E-state index in [0.29, 0.717) is 6.61 Å². The zero-order valence-electron chi connectivity index (χ0n) is 11.4. The molecule has 1 N–H and O–H groups in total. The molecular weight excluding hydrogens is 264 g/mol. The molecule has 1 aromatic rings. The smallest absolute Gasteiger partial charge is 0.328 e. The second kappa shape index (κ2) is 7.36. The molecule has 1 aliphatic rings. The number of rotatable bonds is 3. The molecular formula is C14H21ClN2O2. The molecule has 0 amide bonds. The van der Waals surface area contributed by atoms with Crippen molar-refractivity contribution in [2.75, 3.05) is 24.6 Å². The molecule has 0 saturated heterocycles. The largest absolute Gasteiger partial charge is 0.464 e. The predicted molar refractivity (Wildman–Crippen MR) is 78.8 cm³/mol. The molecule has 0 bridgehead atoms. The molecule has 2 rings (SSSR count). The lowest BCUT2D eigenvalue weighted by Gasteiger charge is -2.29. The summed E-state index contributed by atoms with van der Waals surface area (Å²) in [6.45, 7) is 6.71. The highest BCUT2D eigenvalue weighted by Crippen LogP contribution is 2.24. The van der Waals surface area contributed by atoms with Gasteiger partial charge < -0.3 is 15.0 Å². The predicted octanol–water partition coefficient (Wildman–Crippen LogP) is 1.97. The average Bonchev–Trinajstić information content (AvgIpc) is 2.60. The van der Waals surface area contributed by atoms with Crippen molar-refractivity contribution in [1.29, 1.82) is 0 Å². The van der Waals surface area contributed by atoms with Crippen molar-refractivity contribution in [3.05, 3.63) is 29.8 Å². The summed E-state index contributed by atoms with van der Waals surface area (Å²) in [5, 5.41) is 3.37. The summed E-state index contributed by atoms with van der Waals surface area (Å²) in [5.74, 6) is -0.158. The molecule has 1 atom stereocenters. The van der Waals surface area contributed by atoms with Crippen molar-refractivity contribution in [3.8, 4) is 0 Å². The molecule has 0 aromatic heterocycles. The van der Waals surface area contributed by atoms with E-state index in [1.165, 1.54) is 5.56 Å². The lowest BCUT2D eigenvalue weighted by atomic mass is 10.1. The van der Waals surface area contributed by atoms with Gasteiger partial charge in [0, 0.05) is 25.3 Å². The number of hydrogen-bond donors (Lipinski definition) is 1. The molecule has 0 fully saturated rings. The minimum atomic E-state index is -0.244. The van der Waals surface area contributed by atoms with Crippen molar-refractivity contribution in [1.82, 2.24) is 5.32 Å². The molecule has 19 heavy (non-hydrogen) atoms. The SMILES string of the molecule is CCOC(=O)C(C)N1CCNCc2ccccc21.Cl.